The first kappa shape index (κ1) is 16.7. The highest BCUT2D eigenvalue weighted by Gasteiger charge is 2.32. The van der Waals surface area contributed by atoms with Crippen molar-refractivity contribution in [2.75, 3.05) is 13.6 Å². The lowest BCUT2D eigenvalue weighted by molar-refractivity contribution is -0.274. The van der Waals surface area contributed by atoms with Gasteiger partial charge in [-0.3, -0.25) is 0 Å². The first-order chi connectivity index (χ1) is 9.02. The van der Waals surface area contributed by atoms with Gasteiger partial charge >= 0.3 is 6.36 Å². The molecule has 0 aromatic heterocycles. The Morgan fingerprint density at radius 3 is 2.50 bits per heavy atom. The summed E-state index contributed by atoms with van der Waals surface area (Å²) in [4.78, 5) is -0.345. The van der Waals surface area contributed by atoms with Crippen molar-refractivity contribution in [3.63, 3.8) is 0 Å². The molecule has 0 radical (unpaired) electrons. The molecule has 1 atom stereocenters. The smallest absolute Gasteiger partial charge is 0.406 e. The third-order valence-corrected chi connectivity index (χ3v) is 4.09. The van der Waals surface area contributed by atoms with Gasteiger partial charge < -0.3 is 9.84 Å². The Labute approximate surface area is 114 Å². The monoisotopic (exact) mass is 313 g/mol. The van der Waals surface area contributed by atoms with Crippen LogP contribution in [0.5, 0.6) is 5.75 Å². The van der Waals surface area contributed by atoms with Crippen LogP contribution in [0.1, 0.15) is 6.92 Å². The summed E-state index contributed by atoms with van der Waals surface area (Å²) in [6, 6.07) is 4.07. The van der Waals surface area contributed by atoms with E-state index in [2.05, 4.69) is 4.74 Å². The number of alkyl halides is 3. The van der Waals surface area contributed by atoms with Crippen LogP contribution in [0.4, 0.5) is 13.2 Å². The summed E-state index contributed by atoms with van der Waals surface area (Å²) in [5.74, 6) is -0.621. The molecule has 0 saturated heterocycles. The molecule has 1 rings (SSSR count). The average molecular weight is 313 g/mol. The van der Waals surface area contributed by atoms with E-state index in [1.54, 1.807) is 0 Å². The van der Waals surface area contributed by atoms with Crippen LogP contribution in [0.15, 0.2) is 29.2 Å². The van der Waals surface area contributed by atoms with Crippen LogP contribution in [0.3, 0.4) is 0 Å². The molecule has 9 heteroatoms. The summed E-state index contributed by atoms with van der Waals surface area (Å²) >= 11 is 0. The van der Waals surface area contributed by atoms with Crippen LogP contribution < -0.4 is 4.74 Å². The van der Waals surface area contributed by atoms with E-state index in [0.717, 1.165) is 28.6 Å². The molecule has 1 unspecified atom stereocenters. The molecule has 5 nitrogen and oxygen atoms in total. The molecular formula is C11H14F3NO4S. The van der Waals surface area contributed by atoms with Crippen molar-refractivity contribution in [3.05, 3.63) is 24.3 Å². The minimum Gasteiger partial charge on any atom is -0.406 e. The van der Waals surface area contributed by atoms with Crippen LogP contribution in [0.2, 0.25) is 0 Å². The van der Waals surface area contributed by atoms with Crippen molar-refractivity contribution in [2.24, 2.45) is 0 Å². The Kier molecular flexibility index (Phi) is 5.00. The summed E-state index contributed by atoms with van der Waals surface area (Å²) in [7, 11) is -2.76. The number of hydrogen-bond acceptors (Lipinski definition) is 4. The first-order valence-electron chi connectivity index (χ1n) is 5.52. The molecule has 0 heterocycles. The first-order valence-corrected chi connectivity index (χ1v) is 6.96. The van der Waals surface area contributed by atoms with Gasteiger partial charge in [-0.15, -0.1) is 13.2 Å². The lowest BCUT2D eigenvalue weighted by atomic mass is 10.3. The largest absolute Gasteiger partial charge is 0.573 e. The van der Waals surface area contributed by atoms with Crippen molar-refractivity contribution in [1.29, 1.82) is 0 Å². The van der Waals surface area contributed by atoms with E-state index in [0.29, 0.717) is 0 Å². The van der Waals surface area contributed by atoms with Gasteiger partial charge in [0.05, 0.1) is 11.0 Å². The Morgan fingerprint density at radius 2 is 2.00 bits per heavy atom. The molecule has 0 aliphatic rings. The number of halogens is 3. The third kappa shape index (κ3) is 4.66. The number of aliphatic hydroxyl groups excluding tert-OH is 1. The van der Waals surface area contributed by atoms with Crippen molar-refractivity contribution in [3.8, 4) is 5.75 Å². The van der Waals surface area contributed by atoms with Gasteiger partial charge in [-0.25, -0.2) is 8.42 Å². The Hall–Kier alpha value is -1.32. The average Bonchev–Trinajstić information content (AvgIpc) is 2.26. The second-order valence-electron chi connectivity index (χ2n) is 4.16. The number of likely N-dealkylation sites (N-methyl/N-ethyl adjacent to an activating group) is 1. The minimum atomic E-state index is -4.89. The number of aliphatic hydroxyl groups is 1. The maximum Gasteiger partial charge on any atom is 0.573 e. The van der Waals surface area contributed by atoms with Gasteiger partial charge in [-0.2, -0.15) is 4.31 Å². The molecule has 0 aliphatic carbocycles. The fourth-order valence-electron chi connectivity index (χ4n) is 1.48. The molecule has 1 aromatic rings. The Balaban J connectivity index is 3.04. The maximum absolute atomic E-state index is 12.1. The van der Waals surface area contributed by atoms with Crippen LogP contribution in [0, 0.1) is 0 Å². The summed E-state index contributed by atoms with van der Waals surface area (Å²) in [5, 5.41) is 9.16. The zero-order valence-corrected chi connectivity index (χ0v) is 11.6. The SMILES string of the molecule is CC(O)CN(C)S(=O)(=O)c1cccc(OC(F)(F)F)c1. The molecule has 1 N–H and O–H groups in total. The van der Waals surface area contributed by atoms with Crippen molar-refractivity contribution in [2.45, 2.75) is 24.3 Å². The van der Waals surface area contributed by atoms with E-state index in [1.807, 2.05) is 0 Å². The highest BCUT2D eigenvalue weighted by Crippen LogP contribution is 2.25. The lowest BCUT2D eigenvalue weighted by Crippen LogP contribution is -2.33. The summed E-state index contributed by atoms with van der Waals surface area (Å²) < 4.78 is 64.9. The molecule has 0 amide bonds. The maximum atomic E-state index is 12.1. The zero-order chi connectivity index (χ0) is 15.6. The summed E-state index contributed by atoms with van der Waals surface area (Å²) in [6.45, 7) is 1.22. The topological polar surface area (TPSA) is 66.8 Å². The summed E-state index contributed by atoms with van der Waals surface area (Å²) in [6.07, 6.45) is -5.79. The molecule has 1 aromatic carbocycles. The molecule has 0 saturated carbocycles. The standard InChI is InChI=1S/C11H14F3NO4S/c1-8(16)7-15(2)20(17,18)10-5-3-4-9(6-10)19-11(12,13)14/h3-6,8,16H,7H2,1-2H3. The zero-order valence-electron chi connectivity index (χ0n) is 10.8. The predicted molar refractivity (Wildman–Crippen MR) is 64.6 cm³/mol. The van der Waals surface area contributed by atoms with Crippen LogP contribution >= 0.6 is 0 Å². The number of rotatable bonds is 5. The molecular weight excluding hydrogens is 299 g/mol. The van der Waals surface area contributed by atoms with Gasteiger partial charge in [0.1, 0.15) is 5.75 Å². The normalized spacial score (nSPS) is 14.3. The van der Waals surface area contributed by atoms with Gasteiger partial charge in [-0.05, 0) is 19.1 Å². The number of nitrogens with zero attached hydrogens (tertiary/aromatic N) is 1. The van der Waals surface area contributed by atoms with Gasteiger partial charge in [0.2, 0.25) is 10.0 Å². The molecule has 0 aliphatic heterocycles. The highest BCUT2D eigenvalue weighted by molar-refractivity contribution is 7.89. The van der Waals surface area contributed by atoms with Crippen molar-refractivity contribution >= 4 is 10.0 Å². The molecule has 0 spiro atoms. The summed E-state index contributed by atoms with van der Waals surface area (Å²) in [5.41, 5.74) is 0. The number of sulfonamides is 1. The van der Waals surface area contributed by atoms with Crippen LogP contribution in [-0.4, -0.2) is 43.9 Å². The number of ether oxygens (including phenoxy) is 1. The second kappa shape index (κ2) is 5.98. The quantitative estimate of drug-likeness (QED) is 0.896. The fraction of sp³-hybridized carbons (Fsp3) is 0.455. The molecule has 20 heavy (non-hydrogen) atoms. The number of benzene rings is 1. The molecule has 0 fully saturated rings. The van der Waals surface area contributed by atoms with Gasteiger partial charge in [0.15, 0.2) is 0 Å². The van der Waals surface area contributed by atoms with Gasteiger partial charge in [0.25, 0.3) is 0 Å². The van der Waals surface area contributed by atoms with E-state index >= 15 is 0 Å². The van der Waals surface area contributed by atoms with E-state index in [9.17, 15) is 21.6 Å². The predicted octanol–water partition coefficient (Wildman–Crippen LogP) is 1.59. The third-order valence-electron chi connectivity index (χ3n) is 2.27. The van der Waals surface area contributed by atoms with Crippen LogP contribution in [0.25, 0.3) is 0 Å². The minimum absolute atomic E-state index is 0.174. The van der Waals surface area contributed by atoms with E-state index in [4.69, 9.17) is 5.11 Å². The van der Waals surface area contributed by atoms with E-state index < -0.39 is 28.2 Å². The van der Waals surface area contributed by atoms with E-state index in [-0.39, 0.29) is 11.4 Å². The van der Waals surface area contributed by atoms with Crippen molar-refractivity contribution < 1.29 is 31.4 Å². The Bertz CT molecular complexity index is 557. The lowest BCUT2D eigenvalue weighted by Gasteiger charge is -2.19. The van der Waals surface area contributed by atoms with Crippen molar-refractivity contribution in [1.82, 2.24) is 4.31 Å². The fourth-order valence-corrected chi connectivity index (χ4v) is 2.77. The van der Waals surface area contributed by atoms with Crippen LogP contribution in [-0.2, 0) is 10.0 Å². The molecule has 114 valence electrons. The Morgan fingerprint density at radius 1 is 1.40 bits per heavy atom. The second-order valence-corrected chi connectivity index (χ2v) is 6.20. The van der Waals surface area contributed by atoms with E-state index in [1.165, 1.54) is 14.0 Å². The molecule has 0 bridgehead atoms. The highest BCUT2D eigenvalue weighted by atomic mass is 32.2. The van der Waals surface area contributed by atoms with Gasteiger partial charge in [0, 0.05) is 19.7 Å². The number of hydrogen-bond donors (Lipinski definition) is 1. The van der Waals surface area contributed by atoms with Gasteiger partial charge in [-0.1, -0.05) is 6.07 Å².